The molecule has 0 radical (unpaired) electrons. The molecule has 1 aromatic heterocycles. The van der Waals surface area contributed by atoms with Gasteiger partial charge in [0.05, 0.1) is 12.3 Å². The van der Waals surface area contributed by atoms with Crippen LogP contribution in [0.4, 0.5) is 5.82 Å². The first-order valence-electron chi connectivity index (χ1n) is 7.90. The lowest BCUT2D eigenvalue weighted by Gasteiger charge is -2.24. The van der Waals surface area contributed by atoms with E-state index >= 15 is 0 Å². The van der Waals surface area contributed by atoms with Gasteiger partial charge in [0.1, 0.15) is 17.9 Å². The number of allylic oxidation sites excluding steroid dienone is 1. The van der Waals surface area contributed by atoms with Crippen LogP contribution in [0.2, 0.25) is 0 Å². The molecule has 0 bridgehead atoms. The molecule has 0 spiro atoms. The van der Waals surface area contributed by atoms with Crippen molar-refractivity contribution in [1.29, 1.82) is 0 Å². The molecule has 130 valence electrons. The van der Waals surface area contributed by atoms with Crippen molar-refractivity contribution < 1.29 is 9.57 Å². The lowest BCUT2D eigenvalue weighted by atomic mass is 10.3. The SMILES string of the molecule is CCN(CCOC)CC(C)Nc1cc(/C=C(\C)ONC)ncn1. The van der Waals surface area contributed by atoms with Crippen molar-refractivity contribution in [2.75, 3.05) is 45.7 Å². The molecule has 1 aromatic rings. The number of ether oxygens (including phenoxy) is 1. The average molecular weight is 323 g/mol. The largest absolute Gasteiger partial charge is 0.414 e. The zero-order valence-electron chi connectivity index (χ0n) is 14.8. The fourth-order valence-corrected chi connectivity index (χ4v) is 2.21. The fraction of sp³-hybridized carbons (Fsp3) is 0.625. The normalized spacial score (nSPS) is 13.2. The van der Waals surface area contributed by atoms with Gasteiger partial charge in [0, 0.05) is 45.4 Å². The molecular formula is C16H29N5O2. The Kier molecular flexibility index (Phi) is 9.20. The molecule has 0 aromatic carbocycles. The molecule has 0 fully saturated rings. The van der Waals surface area contributed by atoms with Gasteiger partial charge in [0.25, 0.3) is 0 Å². The van der Waals surface area contributed by atoms with Gasteiger partial charge < -0.3 is 14.9 Å². The van der Waals surface area contributed by atoms with Crippen molar-refractivity contribution in [2.24, 2.45) is 0 Å². The van der Waals surface area contributed by atoms with Crippen molar-refractivity contribution in [3.8, 4) is 0 Å². The molecule has 1 atom stereocenters. The Morgan fingerprint density at radius 3 is 2.87 bits per heavy atom. The average Bonchev–Trinajstić information content (AvgIpc) is 2.51. The Morgan fingerprint density at radius 1 is 1.43 bits per heavy atom. The number of anilines is 1. The number of aromatic nitrogens is 2. The Bertz CT molecular complexity index is 481. The van der Waals surface area contributed by atoms with E-state index in [4.69, 9.17) is 9.57 Å². The highest BCUT2D eigenvalue weighted by atomic mass is 16.6. The quantitative estimate of drug-likeness (QED) is 0.475. The number of nitrogens with zero attached hydrogens (tertiary/aromatic N) is 3. The standard InChI is InChI=1S/C16H29N5O2/c1-6-21(7-8-22-5)11-13(2)20-16-10-15(18-12-19-16)9-14(3)23-17-4/h9-10,12-13,17H,6-8,11H2,1-5H3,(H,18,19,20)/b14-9+. The molecule has 0 amide bonds. The molecule has 0 saturated carbocycles. The van der Waals surface area contributed by atoms with Gasteiger partial charge in [-0.2, -0.15) is 5.48 Å². The molecule has 7 heteroatoms. The van der Waals surface area contributed by atoms with Gasteiger partial charge in [0.2, 0.25) is 0 Å². The van der Waals surface area contributed by atoms with E-state index in [-0.39, 0.29) is 6.04 Å². The molecule has 7 nitrogen and oxygen atoms in total. The van der Waals surface area contributed by atoms with Crippen molar-refractivity contribution in [3.63, 3.8) is 0 Å². The van der Waals surface area contributed by atoms with E-state index in [1.807, 2.05) is 19.1 Å². The van der Waals surface area contributed by atoms with Crippen LogP contribution < -0.4 is 10.8 Å². The number of hydrogen-bond donors (Lipinski definition) is 2. The minimum atomic E-state index is 0.271. The monoisotopic (exact) mass is 323 g/mol. The van der Waals surface area contributed by atoms with E-state index in [1.165, 1.54) is 0 Å². The third-order valence-electron chi connectivity index (χ3n) is 3.29. The second-order valence-corrected chi connectivity index (χ2v) is 5.32. The number of rotatable bonds is 11. The third kappa shape index (κ3) is 7.92. The summed E-state index contributed by atoms with van der Waals surface area (Å²) in [6.07, 6.45) is 3.40. The molecule has 0 saturated heterocycles. The summed E-state index contributed by atoms with van der Waals surface area (Å²) >= 11 is 0. The summed E-state index contributed by atoms with van der Waals surface area (Å²) in [4.78, 5) is 16.0. The van der Waals surface area contributed by atoms with Gasteiger partial charge in [-0.15, -0.1) is 0 Å². The number of nitrogens with one attached hydrogen (secondary N) is 2. The predicted octanol–water partition coefficient (Wildman–Crippen LogP) is 1.76. The highest BCUT2D eigenvalue weighted by molar-refractivity contribution is 5.51. The van der Waals surface area contributed by atoms with Crippen molar-refractivity contribution in [3.05, 3.63) is 23.8 Å². The summed E-state index contributed by atoms with van der Waals surface area (Å²) in [5, 5.41) is 3.41. The van der Waals surface area contributed by atoms with Gasteiger partial charge in [-0.3, -0.25) is 4.90 Å². The Morgan fingerprint density at radius 2 is 2.22 bits per heavy atom. The van der Waals surface area contributed by atoms with Gasteiger partial charge in [-0.1, -0.05) is 6.92 Å². The number of methoxy groups -OCH3 is 1. The first-order valence-corrected chi connectivity index (χ1v) is 7.90. The maximum absolute atomic E-state index is 5.18. The highest BCUT2D eigenvalue weighted by Crippen LogP contribution is 2.10. The zero-order valence-corrected chi connectivity index (χ0v) is 14.8. The van der Waals surface area contributed by atoms with Crippen LogP contribution in [0.5, 0.6) is 0 Å². The predicted molar refractivity (Wildman–Crippen MR) is 92.9 cm³/mol. The Hall–Kier alpha value is -1.70. The van der Waals surface area contributed by atoms with Crippen LogP contribution in [0.3, 0.4) is 0 Å². The molecule has 1 unspecified atom stereocenters. The molecule has 2 N–H and O–H groups in total. The van der Waals surface area contributed by atoms with E-state index in [0.717, 1.165) is 43.5 Å². The van der Waals surface area contributed by atoms with Crippen LogP contribution in [0.25, 0.3) is 6.08 Å². The Labute approximate surface area is 139 Å². The Balaban J connectivity index is 2.60. The van der Waals surface area contributed by atoms with E-state index < -0.39 is 0 Å². The molecular weight excluding hydrogens is 294 g/mol. The van der Waals surface area contributed by atoms with Gasteiger partial charge in [-0.25, -0.2) is 9.97 Å². The van der Waals surface area contributed by atoms with Crippen LogP contribution in [0.1, 0.15) is 26.5 Å². The van der Waals surface area contributed by atoms with Crippen LogP contribution >= 0.6 is 0 Å². The van der Waals surface area contributed by atoms with Crippen molar-refractivity contribution in [1.82, 2.24) is 20.3 Å². The summed E-state index contributed by atoms with van der Waals surface area (Å²) in [5.41, 5.74) is 3.44. The summed E-state index contributed by atoms with van der Waals surface area (Å²) < 4.78 is 5.14. The van der Waals surface area contributed by atoms with E-state index in [2.05, 4.69) is 39.5 Å². The number of hydroxylamine groups is 1. The van der Waals surface area contributed by atoms with Crippen LogP contribution in [-0.4, -0.2) is 61.3 Å². The van der Waals surface area contributed by atoms with Crippen LogP contribution in [-0.2, 0) is 9.57 Å². The molecule has 23 heavy (non-hydrogen) atoms. The van der Waals surface area contributed by atoms with Crippen LogP contribution in [0.15, 0.2) is 18.2 Å². The molecule has 1 rings (SSSR count). The van der Waals surface area contributed by atoms with Gasteiger partial charge in [0.15, 0.2) is 0 Å². The number of hydrogen-bond acceptors (Lipinski definition) is 7. The molecule has 0 aliphatic rings. The third-order valence-corrected chi connectivity index (χ3v) is 3.29. The number of likely N-dealkylation sites (N-methyl/N-ethyl adjacent to an activating group) is 1. The maximum atomic E-state index is 5.18. The summed E-state index contributed by atoms with van der Waals surface area (Å²) in [7, 11) is 3.44. The van der Waals surface area contributed by atoms with Crippen molar-refractivity contribution >= 4 is 11.9 Å². The van der Waals surface area contributed by atoms with Gasteiger partial charge in [-0.05, 0) is 20.4 Å². The zero-order chi connectivity index (χ0) is 17.1. The minimum Gasteiger partial charge on any atom is -0.414 e. The van der Waals surface area contributed by atoms with E-state index in [9.17, 15) is 0 Å². The first-order chi connectivity index (χ1) is 11.1. The summed E-state index contributed by atoms with van der Waals surface area (Å²) in [6.45, 7) is 9.75. The minimum absolute atomic E-state index is 0.271. The molecule has 1 heterocycles. The summed E-state index contributed by atoms with van der Waals surface area (Å²) in [5.74, 6) is 1.54. The maximum Gasteiger partial charge on any atom is 0.130 e. The van der Waals surface area contributed by atoms with Crippen molar-refractivity contribution in [2.45, 2.75) is 26.8 Å². The fourth-order valence-electron chi connectivity index (χ4n) is 2.21. The van der Waals surface area contributed by atoms with Gasteiger partial charge >= 0.3 is 0 Å². The van der Waals surface area contributed by atoms with Crippen LogP contribution in [0, 0.1) is 0 Å². The summed E-state index contributed by atoms with van der Waals surface area (Å²) in [6, 6.07) is 2.18. The second kappa shape index (κ2) is 10.9. The first kappa shape index (κ1) is 19.3. The smallest absolute Gasteiger partial charge is 0.130 e. The lowest BCUT2D eigenvalue weighted by molar-refractivity contribution is 0.131. The van der Waals surface area contributed by atoms with E-state index in [0.29, 0.717) is 0 Å². The lowest BCUT2D eigenvalue weighted by Crippen LogP contribution is -2.37. The highest BCUT2D eigenvalue weighted by Gasteiger charge is 2.09. The second-order valence-electron chi connectivity index (χ2n) is 5.32. The molecule has 0 aliphatic heterocycles. The molecule has 0 aliphatic carbocycles. The van der Waals surface area contributed by atoms with E-state index in [1.54, 1.807) is 20.5 Å². The topological polar surface area (TPSA) is 71.5 Å².